The van der Waals surface area contributed by atoms with E-state index in [2.05, 4.69) is 326 Å². The molecule has 12 nitrogen and oxygen atoms in total. The fraction of sp³-hybridized carbons (Fsp3) is 0.0364. The molecule has 0 fully saturated rings. The summed E-state index contributed by atoms with van der Waals surface area (Å²) in [6, 6.07) is 141. The number of benzene rings is 18. The maximum atomic E-state index is 6.46. The topological polar surface area (TPSA) is 123 Å². The second-order valence-electron chi connectivity index (χ2n) is 32.2. The maximum Gasteiger partial charge on any atom is 0.136 e. The van der Waals surface area contributed by atoms with Crippen LogP contribution in [-0.4, -0.2) is 49.5 Å². The number of nitrogens with zero attached hydrogens (tertiary/aromatic N) is 10. The Kier molecular flexibility index (Phi) is 15.9. The molecule has 574 valence electrons. The molecule has 0 N–H and O–H groups in total. The number of hydrogen-bond donors (Lipinski definition) is 0. The van der Waals surface area contributed by atoms with Crippen LogP contribution in [-0.2, 0) is 10.8 Å². The average molecular weight is 1570 g/mol. The summed E-state index contributed by atoms with van der Waals surface area (Å²) in [5.74, 6) is 0. The van der Waals surface area contributed by atoms with Crippen molar-refractivity contribution in [1.29, 1.82) is 0 Å². The summed E-state index contributed by atoms with van der Waals surface area (Å²) in [6.45, 7) is 4.60. The van der Waals surface area contributed by atoms with Crippen molar-refractivity contribution in [2.24, 2.45) is 0 Å². The number of rotatable bonds is 9. The third kappa shape index (κ3) is 11.2. The van der Waals surface area contributed by atoms with E-state index in [0.717, 1.165) is 133 Å². The lowest BCUT2D eigenvalue weighted by Gasteiger charge is -2.34. The molecule has 122 heavy (non-hydrogen) atoms. The number of hydrogen-bond acceptors (Lipinski definition) is 8. The molecule has 0 amide bonds. The van der Waals surface area contributed by atoms with E-state index in [-0.39, 0.29) is 5.41 Å². The van der Waals surface area contributed by atoms with Crippen molar-refractivity contribution in [2.45, 2.75) is 24.7 Å². The highest BCUT2D eigenvalue weighted by molar-refractivity contribution is 6.21. The molecule has 0 unspecified atom stereocenters. The fourth-order valence-corrected chi connectivity index (χ4v) is 19.3. The summed E-state index contributed by atoms with van der Waals surface area (Å²) in [6.07, 6.45) is 0. The van der Waals surface area contributed by atoms with E-state index in [1.54, 1.807) is 14.4 Å². The first-order chi connectivity index (χ1) is 60.2. The van der Waals surface area contributed by atoms with Gasteiger partial charge in [-0.2, -0.15) is 14.4 Å². The Morgan fingerprint density at radius 1 is 0.230 bits per heavy atom. The number of furan rings is 2. The van der Waals surface area contributed by atoms with Crippen molar-refractivity contribution >= 4 is 110 Å². The molecule has 0 aliphatic heterocycles. The predicted molar refractivity (Wildman–Crippen MR) is 494 cm³/mol. The van der Waals surface area contributed by atoms with Gasteiger partial charge in [-0.25, -0.2) is 0 Å². The fourth-order valence-electron chi connectivity index (χ4n) is 19.3. The Labute approximate surface area is 700 Å². The van der Waals surface area contributed by atoms with Crippen LogP contribution in [0.3, 0.4) is 0 Å². The van der Waals surface area contributed by atoms with E-state index in [4.69, 9.17) is 29.2 Å². The van der Waals surface area contributed by atoms with Gasteiger partial charge >= 0.3 is 0 Å². The van der Waals surface area contributed by atoms with Gasteiger partial charge in [0, 0.05) is 43.4 Å². The SMILES string of the molecule is CC1(C)c2ccccc2-c2cc3c(cc21)oc1ccc(-c2ccc4nn(-c5ccccc5)nc4c2)cc13.c1ccc(-n2nc3ccc(-c4ccc5oc6cccc(-c7ccc(C8(c9ccccc9)c9ccccc9-c9ccccc98)cc7)c6c5c4)cc3n2)cc1.c1ccc(-n2nc3ccc(-n4c5ccccc5c5c6ccccc6ccc54)cc3n2)cc1. The smallest absolute Gasteiger partial charge is 0.136 e. The first-order valence-corrected chi connectivity index (χ1v) is 41.3. The first kappa shape index (κ1) is 70.1. The van der Waals surface area contributed by atoms with E-state index in [1.165, 1.54) is 88.2 Å². The van der Waals surface area contributed by atoms with Crippen LogP contribution in [0.15, 0.2) is 409 Å². The highest BCUT2D eigenvalue weighted by Crippen LogP contribution is 2.57. The van der Waals surface area contributed by atoms with Crippen LogP contribution in [0.2, 0.25) is 0 Å². The van der Waals surface area contributed by atoms with Crippen molar-refractivity contribution in [2.75, 3.05) is 0 Å². The van der Waals surface area contributed by atoms with Crippen LogP contribution in [0, 0.1) is 0 Å². The van der Waals surface area contributed by atoms with Gasteiger partial charge in [0.05, 0.1) is 33.5 Å². The molecule has 0 saturated heterocycles. The molecular weight excluding hydrogens is 1490 g/mol. The molecule has 6 aromatic heterocycles. The molecule has 0 saturated carbocycles. The molecule has 0 spiro atoms. The second-order valence-corrected chi connectivity index (χ2v) is 32.2. The summed E-state index contributed by atoms with van der Waals surface area (Å²) >= 11 is 0. The Hall–Kier alpha value is -16.2. The van der Waals surface area contributed by atoms with Crippen LogP contribution in [0.4, 0.5) is 0 Å². The third-order valence-corrected chi connectivity index (χ3v) is 25.0. The summed E-state index contributed by atoms with van der Waals surface area (Å²) in [5, 5.41) is 37.9. The predicted octanol–water partition coefficient (Wildman–Crippen LogP) is 27.0. The first-order valence-electron chi connectivity index (χ1n) is 41.3. The highest BCUT2D eigenvalue weighted by atomic mass is 16.3. The van der Waals surface area contributed by atoms with Gasteiger partial charge in [-0.1, -0.05) is 281 Å². The van der Waals surface area contributed by atoms with Gasteiger partial charge in [-0.3, -0.25) is 0 Å². The van der Waals surface area contributed by atoms with Crippen LogP contribution < -0.4 is 0 Å². The second kappa shape index (κ2) is 27.7. The zero-order chi connectivity index (χ0) is 80.7. The van der Waals surface area contributed by atoms with Crippen LogP contribution in [0.1, 0.15) is 47.2 Å². The normalized spacial score (nSPS) is 13.0. The van der Waals surface area contributed by atoms with Crippen molar-refractivity contribution < 1.29 is 8.83 Å². The van der Waals surface area contributed by atoms with E-state index in [9.17, 15) is 0 Å². The van der Waals surface area contributed by atoms with Crippen molar-refractivity contribution in [1.82, 2.24) is 49.5 Å². The molecule has 2 aliphatic carbocycles. The zero-order valence-electron chi connectivity index (χ0n) is 66.4. The lowest BCUT2D eigenvalue weighted by Crippen LogP contribution is -2.28. The van der Waals surface area contributed by atoms with Crippen LogP contribution in [0.25, 0.3) is 188 Å². The molecule has 0 radical (unpaired) electrons. The van der Waals surface area contributed by atoms with Crippen molar-refractivity contribution in [3.8, 4) is 78.4 Å². The summed E-state index contributed by atoms with van der Waals surface area (Å²) in [5.41, 5.74) is 34.4. The van der Waals surface area contributed by atoms with Gasteiger partial charge in [0.1, 0.15) is 55.4 Å². The lowest BCUT2D eigenvalue weighted by molar-refractivity contribution is 0.647. The molecular formula is C110H72N10O2. The van der Waals surface area contributed by atoms with Crippen molar-refractivity contribution in [3.05, 3.63) is 434 Å². The molecule has 2 aliphatic rings. The third-order valence-electron chi connectivity index (χ3n) is 25.0. The summed E-state index contributed by atoms with van der Waals surface area (Å²) in [4.78, 5) is 5.10. The zero-order valence-corrected chi connectivity index (χ0v) is 66.4. The maximum absolute atomic E-state index is 6.46. The van der Waals surface area contributed by atoms with E-state index >= 15 is 0 Å². The lowest BCUT2D eigenvalue weighted by atomic mass is 9.67. The van der Waals surface area contributed by atoms with Crippen LogP contribution in [0.5, 0.6) is 0 Å². The Morgan fingerprint density at radius 2 is 0.672 bits per heavy atom. The van der Waals surface area contributed by atoms with Gasteiger partial charge in [0.25, 0.3) is 0 Å². The summed E-state index contributed by atoms with van der Waals surface area (Å²) < 4.78 is 15.1. The largest absolute Gasteiger partial charge is 0.456 e. The monoisotopic (exact) mass is 1560 g/mol. The quantitative estimate of drug-likeness (QED) is 0.140. The average Bonchev–Trinajstić information content (AvgIpc) is 1.53. The number of para-hydroxylation sites is 4. The van der Waals surface area contributed by atoms with Gasteiger partial charge in [0.15, 0.2) is 0 Å². The van der Waals surface area contributed by atoms with Crippen LogP contribution >= 0.6 is 0 Å². The number of aromatic nitrogens is 10. The minimum absolute atomic E-state index is 0.0448. The molecule has 24 aromatic rings. The van der Waals surface area contributed by atoms with Crippen molar-refractivity contribution in [3.63, 3.8) is 0 Å². The minimum Gasteiger partial charge on any atom is -0.456 e. The van der Waals surface area contributed by atoms with Gasteiger partial charge in [-0.15, -0.1) is 30.6 Å². The van der Waals surface area contributed by atoms with Gasteiger partial charge < -0.3 is 13.4 Å². The standard InChI is InChI=1S/C49H31N3O.C33H23N3O.C28H18N4/c1-3-12-35(13-4-1)49(42-19-9-7-16-39(42)40-17-8-10-20-43(40)49)36-26-22-32(23-27-36)38-18-11-21-47-48(38)41-30-33(25-29-46(41)53-47)34-24-28-44-45(31-34)51-52(50-44)37-14-5-2-6-15-37;1-33(2)27-11-7-6-10-23(27)24-18-26-25-16-20(13-15-31(25)37-32(26)19-28(24)33)21-12-14-29-30(17-21)35-36(34-29)22-8-4-3-5-9-22;1-2-9-20(10-3-1)32-29-24-16-15-21(18-25(24)30-32)31-26-13-7-6-12-23(26)28-22-11-5-4-8-19(22)14-17-27(28)31/h1-31H;3-19H,1-2H3;1-18H. The molecule has 6 heterocycles. The molecule has 0 atom stereocenters. The molecule has 12 heteroatoms. The van der Waals surface area contributed by atoms with E-state index in [1.807, 2.05) is 103 Å². The number of fused-ring (bicyclic) bond motifs is 20. The Morgan fingerprint density at radius 3 is 1.29 bits per heavy atom. The summed E-state index contributed by atoms with van der Waals surface area (Å²) in [7, 11) is 0. The van der Waals surface area contributed by atoms with E-state index in [0.29, 0.717) is 0 Å². The highest BCUT2D eigenvalue weighted by Gasteiger charge is 2.46. The molecule has 0 bridgehead atoms. The molecule has 26 rings (SSSR count). The van der Waals surface area contributed by atoms with Gasteiger partial charge in [-0.05, 0) is 233 Å². The molecule has 18 aromatic carbocycles. The Bertz CT molecular complexity index is 8250. The Balaban J connectivity index is 0.000000107. The van der Waals surface area contributed by atoms with E-state index < -0.39 is 5.41 Å². The minimum atomic E-state index is -0.427. The van der Waals surface area contributed by atoms with Gasteiger partial charge in [0.2, 0.25) is 0 Å².